The van der Waals surface area contributed by atoms with Crippen molar-refractivity contribution < 1.29 is 9.53 Å². The smallest absolute Gasteiger partial charge is 0.320 e. The number of ether oxygens (including phenoxy) is 1. The zero-order valence-electron chi connectivity index (χ0n) is 10.5. The molecule has 0 spiro atoms. The van der Waals surface area contributed by atoms with Crippen LogP contribution >= 0.6 is 0 Å². The molecule has 0 aliphatic carbocycles. The summed E-state index contributed by atoms with van der Waals surface area (Å²) in [6.07, 6.45) is 5.13. The van der Waals surface area contributed by atoms with Gasteiger partial charge in [-0.3, -0.25) is 4.79 Å². The summed E-state index contributed by atoms with van der Waals surface area (Å²) < 4.78 is 4.90. The number of hydrogen-bond donors (Lipinski definition) is 0. The average molecular weight is 223 g/mol. The minimum Gasteiger partial charge on any atom is -0.465 e. The lowest BCUT2D eigenvalue weighted by molar-refractivity contribution is -0.142. The van der Waals surface area contributed by atoms with Crippen molar-refractivity contribution in [2.75, 3.05) is 6.61 Å². The fourth-order valence-corrected chi connectivity index (χ4v) is 1.29. The second-order valence-electron chi connectivity index (χ2n) is 4.31. The third-order valence-corrected chi connectivity index (χ3v) is 2.31. The van der Waals surface area contributed by atoms with Crippen molar-refractivity contribution in [1.82, 2.24) is 0 Å². The number of rotatable bonds is 7. The topological polar surface area (TPSA) is 50.1 Å². The Morgan fingerprint density at radius 3 is 2.69 bits per heavy atom. The average Bonchev–Trinajstić information content (AvgIpc) is 2.17. The minimum absolute atomic E-state index is 0.147. The van der Waals surface area contributed by atoms with Gasteiger partial charge >= 0.3 is 5.97 Å². The van der Waals surface area contributed by atoms with Gasteiger partial charge in [0, 0.05) is 0 Å². The van der Waals surface area contributed by atoms with Crippen molar-refractivity contribution in [3.8, 4) is 6.07 Å². The van der Waals surface area contributed by atoms with Gasteiger partial charge < -0.3 is 4.74 Å². The maximum Gasteiger partial charge on any atom is 0.320 e. The van der Waals surface area contributed by atoms with E-state index in [1.807, 2.05) is 0 Å². The van der Waals surface area contributed by atoms with Crippen molar-refractivity contribution in [2.45, 2.75) is 46.5 Å². The Bertz CT molecular complexity index is 272. The number of allylic oxidation sites excluding steroid dienone is 2. The molecule has 3 nitrogen and oxygen atoms in total. The van der Waals surface area contributed by atoms with Crippen LogP contribution in [0.1, 0.15) is 46.5 Å². The van der Waals surface area contributed by atoms with Crippen LogP contribution in [0.3, 0.4) is 0 Å². The molecule has 0 aromatic rings. The Morgan fingerprint density at radius 2 is 2.12 bits per heavy atom. The van der Waals surface area contributed by atoms with Gasteiger partial charge in [0.25, 0.3) is 0 Å². The van der Waals surface area contributed by atoms with Gasteiger partial charge in [-0.15, -0.1) is 0 Å². The molecule has 0 aromatic heterocycles. The van der Waals surface area contributed by atoms with E-state index < -0.39 is 5.97 Å². The fourth-order valence-electron chi connectivity index (χ4n) is 1.29. The Morgan fingerprint density at radius 1 is 1.44 bits per heavy atom. The maximum absolute atomic E-state index is 10.9. The number of carbonyl (C=O) groups is 1. The normalized spacial score (nSPS) is 11.4. The largest absolute Gasteiger partial charge is 0.465 e. The predicted molar refractivity (Wildman–Crippen MR) is 63.6 cm³/mol. The van der Waals surface area contributed by atoms with Gasteiger partial charge in [0.05, 0.1) is 12.7 Å². The Labute approximate surface area is 98.1 Å². The van der Waals surface area contributed by atoms with Crippen molar-refractivity contribution in [1.29, 1.82) is 5.26 Å². The van der Waals surface area contributed by atoms with Gasteiger partial charge in [0.15, 0.2) is 0 Å². The first-order valence-electron chi connectivity index (χ1n) is 5.72. The summed E-state index contributed by atoms with van der Waals surface area (Å²) in [5.41, 5.74) is 1.34. The van der Waals surface area contributed by atoms with Crippen LogP contribution in [0.4, 0.5) is 0 Å². The number of hydrogen-bond acceptors (Lipinski definition) is 3. The standard InChI is InChI=1S/C13H21NO2/c1-11(2)5-4-6-12(3)8-10-16-13(15)7-9-14/h5,12H,4,6-8,10H2,1-3H3. The van der Waals surface area contributed by atoms with E-state index in [4.69, 9.17) is 10.00 Å². The first kappa shape index (κ1) is 14.7. The molecule has 1 unspecified atom stereocenters. The van der Waals surface area contributed by atoms with E-state index in [-0.39, 0.29) is 6.42 Å². The second-order valence-corrected chi connectivity index (χ2v) is 4.31. The summed E-state index contributed by atoms with van der Waals surface area (Å²) in [5.74, 6) is 0.129. The molecule has 0 saturated heterocycles. The van der Waals surface area contributed by atoms with Gasteiger partial charge in [-0.2, -0.15) is 5.26 Å². The van der Waals surface area contributed by atoms with Gasteiger partial charge in [0.2, 0.25) is 0 Å². The highest BCUT2D eigenvalue weighted by Gasteiger charge is 2.04. The van der Waals surface area contributed by atoms with Crippen molar-refractivity contribution in [3.05, 3.63) is 11.6 Å². The molecule has 16 heavy (non-hydrogen) atoms. The molecule has 3 heteroatoms. The third-order valence-electron chi connectivity index (χ3n) is 2.31. The number of nitrogens with zero attached hydrogens (tertiary/aromatic N) is 1. The molecule has 0 heterocycles. The van der Waals surface area contributed by atoms with Crippen LogP contribution < -0.4 is 0 Å². The third kappa shape index (κ3) is 9.26. The lowest BCUT2D eigenvalue weighted by Gasteiger charge is -2.09. The van der Waals surface area contributed by atoms with E-state index in [2.05, 4.69) is 26.8 Å². The molecule has 0 bridgehead atoms. The first-order chi connectivity index (χ1) is 7.56. The molecule has 0 fully saturated rings. The van der Waals surface area contributed by atoms with Crippen LogP contribution in [-0.4, -0.2) is 12.6 Å². The lowest BCUT2D eigenvalue weighted by Crippen LogP contribution is -2.07. The highest BCUT2D eigenvalue weighted by Crippen LogP contribution is 2.11. The highest BCUT2D eigenvalue weighted by atomic mass is 16.5. The highest BCUT2D eigenvalue weighted by molar-refractivity contribution is 5.71. The second kappa shape index (κ2) is 8.96. The quantitative estimate of drug-likeness (QED) is 0.492. The Hall–Kier alpha value is -1.30. The first-order valence-corrected chi connectivity index (χ1v) is 5.72. The summed E-state index contributed by atoms with van der Waals surface area (Å²) in [6, 6.07) is 1.77. The number of esters is 1. The summed E-state index contributed by atoms with van der Waals surface area (Å²) in [5, 5.41) is 8.26. The molecule has 1 atom stereocenters. The van der Waals surface area contributed by atoms with Gasteiger partial charge in [-0.05, 0) is 39.0 Å². The molecule has 0 radical (unpaired) electrons. The Kier molecular flexibility index (Phi) is 8.24. The van der Waals surface area contributed by atoms with E-state index in [1.54, 1.807) is 6.07 Å². The molecule has 90 valence electrons. The van der Waals surface area contributed by atoms with Gasteiger partial charge in [-0.1, -0.05) is 18.6 Å². The molecule has 0 aliphatic rings. The van der Waals surface area contributed by atoms with E-state index in [9.17, 15) is 4.79 Å². The van der Waals surface area contributed by atoms with E-state index in [0.29, 0.717) is 12.5 Å². The van der Waals surface area contributed by atoms with Crippen LogP contribution in [0.2, 0.25) is 0 Å². The van der Waals surface area contributed by atoms with Crippen LogP contribution in [0, 0.1) is 17.2 Å². The summed E-state index contributed by atoms with van der Waals surface area (Å²) in [6.45, 7) is 6.76. The zero-order chi connectivity index (χ0) is 12.4. The van der Waals surface area contributed by atoms with Crippen LogP contribution in [-0.2, 0) is 9.53 Å². The molecule has 0 rings (SSSR count). The maximum atomic E-state index is 10.9. The molecular weight excluding hydrogens is 202 g/mol. The fraction of sp³-hybridized carbons (Fsp3) is 0.692. The van der Waals surface area contributed by atoms with Crippen molar-refractivity contribution in [2.24, 2.45) is 5.92 Å². The van der Waals surface area contributed by atoms with E-state index in [1.165, 1.54) is 5.57 Å². The number of nitriles is 1. The molecule has 0 saturated carbocycles. The Balaban J connectivity index is 3.51. The van der Waals surface area contributed by atoms with Crippen molar-refractivity contribution in [3.63, 3.8) is 0 Å². The summed E-state index contributed by atoms with van der Waals surface area (Å²) in [4.78, 5) is 10.9. The monoisotopic (exact) mass is 223 g/mol. The van der Waals surface area contributed by atoms with Gasteiger partial charge in [0.1, 0.15) is 6.42 Å². The summed E-state index contributed by atoms with van der Waals surface area (Å²) >= 11 is 0. The van der Waals surface area contributed by atoms with Crippen molar-refractivity contribution >= 4 is 5.97 Å². The van der Waals surface area contributed by atoms with Gasteiger partial charge in [-0.25, -0.2) is 0 Å². The molecular formula is C13H21NO2. The molecule has 0 aromatic carbocycles. The SMILES string of the molecule is CC(C)=CCCC(C)CCOC(=O)CC#N. The lowest BCUT2D eigenvalue weighted by atomic mass is 10.0. The van der Waals surface area contributed by atoms with E-state index in [0.717, 1.165) is 19.3 Å². The van der Waals surface area contributed by atoms with Crippen LogP contribution in [0.5, 0.6) is 0 Å². The molecule has 0 N–H and O–H groups in total. The minimum atomic E-state index is -0.418. The predicted octanol–water partition coefficient (Wildman–Crippen LogP) is 3.22. The number of carbonyl (C=O) groups excluding carboxylic acids is 1. The van der Waals surface area contributed by atoms with Crippen LogP contribution in [0.25, 0.3) is 0 Å². The van der Waals surface area contributed by atoms with E-state index >= 15 is 0 Å². The molecule has 0 aliphatic heterocycles. The van der Waals surface area contributed by atoms with Crippen LogP contribution in [0.15, 0.2) is 11.6 Å². The molecule has 0 amide bonds. The zero-order valence-corrected chi connectivity index (χ0v) is 10.5. The summed E-state index contributed by atoms with van der Waals surface area (Å²) in [7, 11) is 0.